The highest BCUT2D eigenvalue weighted by Gasteiger charge is 2.34. The Bertz CT molecular complexity index is 1370. The normalized spacial score (nSPS) is 20.3. The van der Waals surface area contributed by atoms with E-state index in [1.807, 2.05) is 42.5 Å². The predicted octanol–water partition coefficient (Wildman–Crippen LogP) is 8.29. The summed E-state index contributed by atoms with van der Waals surface area (Å²) in [6.07, 6.45) is 3.18. The number of hydrogen-bond donors (Lipinski definition) is 0. The van der Waals surface area contributed by atoms with Gasteiger partial charge in [-0.15, -0.1) is 0 Å². The maximum absolute atomic E-state index is 13.9. The first-order chi connectivity index (χ1) is 17.0. The van der Waals surface area contributed by atoms with Gasteiger partial charge in [-0.2, -0.15) is 0 Å². The largest absolute Gasteiger partial charge is 0.496 e. The molecular formula is C32H34O3. The molecule has 3 atom stereocenters. The standard InChI is InChI=1S/C32H34O3/c1-20(2)24-16-13-21(3)19-29(24)35-32(33)27-17-14-22-9-5-7-11-25(22)30(27)31-26-12-8-6-10-23(26)15-18-28(31)34-4/h5-12,14-15,17-18,20-21,24,29H,13,16,19H2,1-4H3/t21?,24?,29-/m0/s1. The Balaban J connectivity index is 1.69. The van der Waals surface area contributed by atoms with Crippen LogP contribution in [0.4, 0.5) is 0 Å². The van der Waals surface area contributed by atoms with E-state index >= 15 is 0 Å². The Morgan fingerprint density at radius 1 is 0.829 bits per heavy atom. The Hall–Kier alpha value is -3.33. The molecule has 5 rings (SSSR count). The Kier molecular flexibility index (Phi) is 6.51. The van der Waals surface area contributed by atoms with Crippen LogP contribution in [0.25, 0.3) is 32.7 Å². The average Bonchev–Trinajstić information content (AvgIpc) is 2.87. The molecule has 1 fully saturated rings. The molecule has 3 nitrogen and oxygen atoms in total. The molecule has 4 aromatic carbocycles. The first-order valence-electron chi connectivity index (χ1n) is 12.8. The van der Waals surface area contributed by atoms with Gasteiger partial charge < -0.3 is 9.47 Å². The first-order valence-corrected chi connectivity index (χ1v) is 12.8. The predicted molar refractivity (Wildman–Crippen MR) is 144 cm³/mol. The Morgan fingerprint density at radius 3 is 2.11 bits per heavy atom. The van der Waals surface area contributed by atoms with Crippen LogP contribution in [0.15, 0.2) is 72.8 Å². The minimum absolute atomic E-state index is 0.0556. The fourth-order valence-corrected chi connectivity index (χ4v) is 5.84. The van der Waals surface area contributed by atoms with E-state index in [4.69, 9.17) is 9.47 Å². The third kappa shape index (κ3) is 4.40. The van der Waals surface area contributed by atoms with E-state index in [2.05, 4.69) is 51.1 Å². The lowest BCUT2D eigenvalue weighted by molar-refractivity contribution is -0.0173. The summed E-state index contributed by atoms with van der Waals surface area (Å²) in [6, 6.07) is 24.5. The van der Waals surface area contributed by atoms with Crippen molar-refractivity contribution >= 4 is 27.5 Å². The molecule has 1 aliphatic carbocycles. The molecule has 1 aliphatic rings. The van der Waals surface area contributed by atoms with Crippen molar-refractivity contribution in [3.63, 3.8) is 0 Å². The molecule has 0 aromatic heterocycles. The summed E-state index contributed by atoms with van der Waals surface area (Å²) in [5.41, 5.74) is 2.41. The molecule has 3 heteroatoms. The number of fused-ring (bicyclic) bond motifs is 2. The second kappa shape index (κ2) is 9.73. The highest BCUT2D eigenvalue weighted by atomic mass is 16.5. The van der Waals surface area contributed by atoms with Crippen LogP contribution in [0.1, 0.15) is 50.4 Å². The van der Waals surface area contributed by atoms with Crippen molar-refractivity contribution in [1.29, 1.82) is 0 Å². The van der Waals surface area contributed by atoms with Gasteiger partial charge in [-0.25, -0.2) is 4.79 Å². The van der Waals surface area contributed by atoms with Crippen LogP contribution in [0, 0.1) is 17.8 Å². The minimum Gasteiger partial charge on any atom is -0.496 e. The van der Waals surface area contributed by atoms with Gasteiger partial charge in [0, 0.05) is 11.1 Å². The lowest BCUT2D eigenvalue weighted by Gasteiger charge is -2.36. The van der Waals surface area contributed by atoms with Gasteiger partial charge >= 0.3 is 5.97 Å². The van der Waals surface area contributed by atoms with Gasteiger partial charge in [-0.05, 0) is 64.3 Å². The van der Waals surface area contributed by atoms with E-state index < -0.39 is 0 Å². The summed E-state index contributed by atoms with van der Waals surface area (Å²) in [5.74, 6) is 1.95. The molecule has 35 heavy (non-hydrogen) atoms. The third-order valence-electron chi connectivity index (χ3n) is 7.73. The van der Waals surface area contributed by atoms with Crippen molar-refractivity contribution in [2.75, 3.05) is 7.11 Å². The number of rotatable bonds is 5. The smallest absolute Gasteiger partial charge is 0.339 e. The van der Waals surface area contributed by atoms with Crippen molar-refractivity contribution in [2.24, 2.45) is 17.8 Å². The van der Waals surface area contributed by atoms with Crippen LogP contribution in [-0.2, 0) is 4.74 Å². The number of carbonyl (C=O) groups excluding carboxylic acids is 1. The first kappa shape index (κ1) is 23.4. The van der Waals surface area contributed by atoms with Crippen LogP contribution in [0.3, 0.4) is 0 Å². The van der Waals surface area contributed by atoms with Crippen molar-refractivity contribution < 1.29 is 14.3 Å². The van der Waals surface area contributed by atoms with Gasteiger partial charge in [0.05, 0.1) is 12.7 Å². The van der Waals surface area contributed by atoms with Crippen LogP contribution in [0.2, 0.25) is 0 Å². The number of esters is 1. The summed E-state index contributed by atoms with van der Waals surface area (Å²) in [7, 11) is 1.69. The molecule has 4 aromatic rings. The highest BCUT2D eigenvalue weighted by Crippen LogP contribution is 2.43. The number of ether oxygens (including phenoxy) is 2. The number of methoxy groups -OCH3 is 1. The molecule has 0 saturated heterocycles. The van der Waals surface area contributed by atoms with Gasteiger partial charge in [0.2, 0.25) is 0 Å². The van der Waals surface area contributed by atoms with Crippen molar-refractivity contribution in [2.45, 2.75) is 46.1 Å². The maximum atomic E-state index is 13.9. The van der Waals surface area contributed by atoms with Gasteiger partial charge in [0.25, 0.3) is 0 Å². The molecule has 0 heterocycles. The molecule has 2 unspecified atom stereocenters. The quantitative estimate of drug-likeness (QED) is 0.278. The van der Waals surface area contributed by atoms with Crippen LogP contribution in [-0.4, -0.2) is 19.2 Å². The zero-order valence-electron chi connectivity index (χ0n) is 21.1. The zero-order chi connectivity index (χ0) is 24.5. The molecule has 0 bridgehead atoms. The van der Waals surface area contributed by atoms with E-state index in [1.54, 1.807) is 7.11 Å². The maximum Gasteiger partial charge on any atom is 0.339 e. The van der Waals surface area contributed by atoms with E-state index in [9.17, 15) is 4.79 Å². The summed E-state index contributed by atoms with van der Waals surface area (Å²) < 4.78 is 12.2. The van der Waals surface area contributed by atoms with E-state index in [1.165, 1.54) is 6.42 Å². The van der Waals surface area contributed by atoms with Gasteiger partial charge in [0.15, 0.2) is 0 Å². The van der Waals surface area contributed by atoms with E-state index in [0.29, 0.717) is 23.3 Å². The van der Waals surface area contributed by atoms with Crippen LogP contribution >= 0.6 is 0 Å². The Morgan fingerprint density at radius 2 is 1.46 bits per heavy atom. The van der Waals surface area contributed by atoms with Gasteiger partial charge in [0.1, 0.15) is 11.9 Å². The zero-order valence-corrected chi connectivity index (χ0v) is 21.1. The third-order valence-corrected chi connectivity index (χ3v) is 7.73. The second-order valence-electron chi connectivity index (χ2n) is 10.3. The molecule has 0 aliphatic heterocycles. The van der Waals surface area contributed by atoms with Crippen molar-refractivity contribution in [3.8, 4) is 16.9 Å². The topological polar surface area (TPSA) is 35.5 Å². The monoisotopic (exact) mass is 466 g/mol. The summed E-state index contributed by atoms with van der Waals surface area (Å²) in [4.78, 5) is 13.9. The lowest BCUT2D eigenvalue weighted by Crippen LogP contribution is -2.36. The van der Waals surface area contributed by atoms with Crippen LogP contribution in [0.5, 0.6) is 5.75 Å². The van der Waals surface area contributed by atoms with Gasteiger partial charge in [-0.1, -0.05) is 87.9 Å². The number of carbonyl (C=O) groups is 1. The lowest BCUT2D eigenvalue weighted by atomic mass is 9.75. The molecule has 0 amide bonds. The molecule has 0 radical (unpaired) electrons. The Labute approximate surface area is 208 Å². The minimum atomic E-state index is -0.245. The molecule has 0 spiro atoms. The fraction of sp³-hybridized carbons (Fsp3) is 0.344. The molecular weight excluding hydrogens is 432 g/mol. The fourth-order valence-electron chi connectivity index (χ4n) is 5.84. The molecule has 0 N–H and O–H groups in total. The van der Waals surface area contributed by atoms with Crippen LogP contribution < -0.4 is 4.74 Å². The van der Waals surface area contributed by atoms with Crippen molar-refractivity contribution in [3.05, 3.63) is 78.4 Å². The molecule has 180 valence electrons. The summed E-state index contributed by atoms with van der Waals surface area (Å²) in [5, 5.41) is 4.27. The SMILES string of the molecule is COc1ccc2ccccc2c1-c1c(C(=O)O[C@H]2CC(C)CCC2C(C)C)ccc2ccccc12. The van der Waals surface area contributed by atoms with E-state index in [-0.39, 0.29) is 12.1 Å². The second-order valence-corrected chi connectivity index (χ2v) is 10.3. The molecule has 1 saturated carbocycles. The van der Waals surface area contributed by atoms with Crippen molar-refractivity contribution in [1.82, 2.24) is 0 Å². The average molecular weight is 467 g/mol. The highest BCUT2D eigenvalue weighted by molar-refractivity contribution is 6.14. The number of hydrogen-bond acceptors (Lipinski definition) is 3. The summed E-state index contributed by atoms with van der Waals surface area (Å²) in [6.45, 7) is 6.74. The number of benzene rings is 4. The summed E-state index contributed by atoms with van der Waals surface area (Å²) >= 11 is 0. The van der Waals surface area contributed by atoms with Gasteiger partial charge in [-0.3, -0.25) is 0 Å². The van der Waals surface area contributed by atoms with E-state index in [0.717, 1.165) is 51.3 Å².